The van der Waals surface area contributed by atoms with Crippen molar-refractivity contribution in [2.45, 2.75) is 45.6 Å². The van der Waals surface area contributed by atoms with Crippen molar-refractivity contribution in [3.8, 4) is 0 Å². The van der Waals surface area contributed by atoms with Crippen molar-refractivity contribution < 1.29 is 14.6 Å². The Morgan fingerprint density at radius 3 is 2.61 bits per heavy atom. The van der Waals surface area contributed by atoms with Crippen LogP contribution in [0.1, 0.15) is 39.5 Å². The van der Waals surface area contributed by atoms with E-state index in [1.54, 1.807) is 0 Å². The summed E-state index contributed by atoms with van der Waals surface area (Å²) in [7, 11) is 1.85. The van der Waals surface area contributed by atoms with Crippen LogP contribution in [-0.4, -0.2) is 73.4 Å². The van der Waals surface area contributed by atoms with Crippen molar-refractivity contribution in [2.24, 2.45) is 17.8 Å². The molecule has 5 nitrogen and oxygen atoms in total. The van der Waals surface area contributed by atoms with Gasteiger partial charge in [0.25, 0.3) is 0 Å². The minimum absolute atomic E-state index is 0.0824. The first-order valence-electron chi connectivity index (χ1n) is 9.18. The van der Waals surface area contributed by atoms with Crippen LogP contribution < -0.4 is 0 Å². The molecule has 0 bridgehead atoms. The van der Waals surface area contributed by atoms with Crippen LogP contribution in [0, 0.1) is 17.8 Å². The molecule has 2 fully saturated rings. The van der Waals surface area contributed by atoms with Crippen molar-refractivity contribution in [3.05, 3.63) is 0 Å². The second-order valence-electron chi connectivity index (χ2n) is 7.87. The molecule has 0 aromatic rings. The zero-order chi connectivity index (χ0) is 16.8. The van der Waals surface area contributed by atoms with Gasteiger partial charge in [0.1, 0.15) is 0 Å². The maximum Gasteiger partial charge on any atom is 0.317 e. The molecule has 1 heterocycles. The smallest absolute Gasteiger partial charge is 0.317 e. The highest BCUT2D eigenvalue weighted by molar-refractivity contribution is 5.68. The molecule has 1 aliphatic heterocycles. The summed E-state index contributed by atoms with van der Waals surface area (Å²) in [5, 5.41) is 8.85. The Morgan fingerprint density at radius 2 is 2.00 bits per heavy atom. The zero-order valence-electron chi connectivity index (χ0n) is 15.0. The van der Waals surface area contributed by atoms with Crippen molar-refractivity contribution in [1.82, 2.24) is 9.80 Å². The molecule has 23 heavy (non-hydrogen) atoms. The maximum atomic E-state index is 10.8. The molecule has 134 valence electrons. The van der Waals surface area contributed by atoms with Crippen molar-refractivity contribution in [1.29, 1.82) is 0 Å². The summed E-state index contributed by atoms with van der Waals surface area (Å²) in [5.41, 5.74) is 0. The van der Waals surface area contributed by atoms with E-state index in [2.05, 4.69) is 18.7 Å². The topological polar surface area (TPSA) is 53.0 Å². The predicted molar refractivity (Wildman–Crippen MR) is 91.6 cm³/mol. The fourth-order valence-corrected chi connectivity index (χ4v) is 4.10. The summed E-state index contributed by atoms with van der Waals surface area (Å²) in [5.74, 6) is 1.81. The maximum absolute atomic E-state index is 10.8. The quantitative estimate of drug-likeness (QED) is 0.777. The highest BCUT2D eigenvalue weighted by Gasteiger charge is 2.27. The number of carboxylic acid groups (broad SMARTS) is 1. The lowest BCUT2D eigenvalue weighted by Crippen LogP contribution is -2.49. The molecule has 1 saturated heterocycles. The van der Waals surface area contributed by atoms with Crippen LogP contribution in [0.2, 0.25) is 0 Å². The lowest BCUT2D eigenvalue weighted by atomic mass is 9.77. The van der Waals surface area contributed by atoms with Crippen LogP contribution in [-0.2, 0) is 9.53 Å². The highest BCUT2D eigenvalue weighted by Crippen LogP contribution is 2.33. The van der Waals surface area contributed by atoms with Crippen molar-refractivity contribution in [3.63, 3.8) is 0 Å². The Kier molecular flexibility index (Phi) is 7.31. The van der Waals surface area contributed by atoms with Gasteiger partial charge in [-0.25, -0.2) is 0 Å². The fourth-order valence-electron chi connectivity index (χ4n) is 4.10. The van der Waals surface area contributed by atoms with E-state index in [4.69, 9.17) is 9.84 Å². The van der Waals surface area contributed by atoms with Crippen LogP contribution in [0.4, 0.5) is 0 Å². The van der Waals surface area contributed by atoms with E-state index in [1.165, 1.54) is 32.2 Å². The number of hydrogen-bond acceptors (Lipinski definition) is 4. The second-order valence-corrected chi connectivity index (χ2v) is 7.87. The number of carboxylic acids is 1. The van der Waals surface area contributed by atoms with Crippen LogP contribution in [0.5, 0.6) is 0 Å². The Balaban J connectivity index is 1.71. The normalized spacial score (nSPS) is 30.0. The van der Waals surface area contributed by atoms with E-state index in [0.717, 1.165) is 37.5 Å². The Morgan fingerprint density at radius 1 is 1.30 bits per heavy atom. The zero-order valence-corrected chi connectivity index (χ0v) is 15.0. The molecule has 0 amide bonds. The van der Waals surface area contributed by atoms with Crippen molar-refractivity contribution >= 4 is 5.97 Å². The van der Waals surface area contributed by atoms with E-state index in [1.807, 2.05) is 11.9 Å². The molecular weight excluding hydrogens is 292 g/mol. The van der Waals surface area contributed by atoms with Gasteiger partial charge in [0.15, 0.2) is 0 Å². The fraction of sp³-hybridized carbons (Fsp3) is 0.944. The number of aliphatic carboxylic acids is 1. The average molecular weight is 326 g/mol. The molecule has 1 saturated carbocycles. The summed E-state index contributed by atoms with van der Waals surface area (Å²) in [6.07, 6.45) is 5.64. The summed E-state index contributed by atoms with van der Waals surface area (Å²) in [6, 6.07) is 0. The van der Waals surface area contributed by atoms with Gasteiger partial charge in [0.2, 0.25) is 0 Å². The Bertz CT molecular complexity index is 367. The molecule has 0 spiro atoms. The first kappa shape index (κ1) is 18.7. The minimum Gasteiger partial charge on any atom is -0.480 e. The number of likely N-dealkylation sites (N-methyl/N-ethyl adjacent to an activating group) is 1. The summed E-state index contributed by atoms with van der Waals surface area (Å²) < 4.78 is 5.82. The molecule has 5 heteroatoms. The number of morpholine rings is 1. The van der Waals surface area contributed by atoms with E-state index in [9.17, 15) is 4.79 Å². The number of carbonyl (C=O) groups is 1. The molecule has 0 aromatic heterocycles. The minimum atomic E-state index is -0.776. The van der Waals surface area contributed by atoms with Gasteiger partial charge in [0, 0.05) is 26.2 Å². The largest absolute Gasteiger partial charge is 0.480 e. The van der Waals surface area contributed by atoms with E-state index in [-0.39, 0.29) is 12.6 Å². The van der Waals surface area contributed by atoms with Gasteiger partial charge in [-0.15, -0.1) is 0 Å². The number of nitrogens with zero attached hydrogens (tertiary/aromatic N) is 2. The second kappa shape index (κ2) is 9.00. The third kappa shape index (κ3) is 6.40. The molecule has 0 aromatic carbocycles. The SMILES string of the molecule is CC(C)C1CCC(CN2CCOC(CN(C)CC(=O)O)C2)CC1. The molecule has 1 aliphatic carbocycles. The molecule has 1 atom stereocenters. The van der Waals surface area contributed by atoms with Crippen LogP contribution in [0.15, 0.2) is 0 Å². The van der Waals surface area contributed by atoms with Crippen molar-refractivity contribution in [2.75, 3.05) is 46.4 Å². The van der Waals surface area contributed by atoms with Crippen LogP contribution in [0.3, 0.4) is 0 Å². The standard InChI is InChI=1S/C18H34N2O3/c1-14(2)16-6-4-15(5-7-16)10-20-8-9-23-17(12-20)11-19(3)13-18(21)22/h14-17H,4-13H2,1-3H3,(H,21,22). The lowest BCUT2D eigenvalue weighted by Gasteiger charge is -2.38. The van der Waals surface area contributed by atoms with Crippen LogP contribution >= 0.6 is 0 Å². The van der Waals surface area contributed by atoms with E-state index < -0.39 is 5.97 Å². The molecule has 1 unspecified atom stereocenters. The van der Waals surface area contributed by atoms with E-state index in [0.29, 0.717) is 6.54 Å². The van der Waals surface area contributed by atoms with Crippen LogP contribution in [0.25, 0.3) is 0 Å². The summed E-state index contributed by atoms with van der Waals surface area (Å²) in [4.78, 5) is 15.1. The van der Waals surface area contributed by atoms with Gasteiger partial charge in [-0.05, 0) is 50.5 Å². The molecular formula is C18H34N2O3. The monoisotopic (exact) mass is 326 g/mol. The Hall–Kier alpha value is -0.650. The molecule has 2 aliphatic rings. The number of ether oxygens (including phenoxy) is 1. The predicted octanol–water partition coefficient (Wildman–Crippen LogP) is 2.17. The van der Waals surface area contributed by atoms with Gasteiger partial charge >= 0.3 is 5.97 Å². The van der Waals surface area contributed by atoms with Gasteiger partial charge < -0.3 is 9.84 Å². The summed E-state index contributed by atoms with van der Waals surface area (Å²) in [6.45, 7) is 9.40. The molecule has 2 rings (SSSR count). The van der Waals surface area contributed by atoms with Gasteiger partial charge in [-0.3, -0.25) is 14.6 Å². The lowest BCUT2D eigenvalue weighted by molar-refractivity contribution is -0.138. The molecule has 1 N–H and O–H groups in total. The van der Waals surface area contributed by atoms with Gasteiger partial charge in [-0.2, -0.15) is 0 Å². The van der Waals surface area contributed by atoms with Gasteiger partial charge in [-0.1, -0.05) is 13.8 Å². The van der Waals surface area contributed by atoms with E-state index >= 15 is 0 Å². The average Bonchev–Trinajstić information content (AvgIpc) is 2.47. The first-order valence-corrected chi connectivity index (χ1v) is 9.18. The molecule has 0 radical (unpaired) electrons. The first-order chi connectivity index (χ1) is 10.9. The number of rotatable bonds is 7. The number of hydrogen-bond donors (Lipinski definition) is 1. The van der Waals surface area contributed by atoms with Gasteiger partial charge in [0.05, 0.1) is 19.3 Å². The third-order valence-electron chi connectivity index (χ3n) is 5.49. The third-order valence-corrected chi connectivity index (χ3v) is 5.49. The summed E-state index contributed by atoms with van der Waals surface area (Å²) >= 11 is 0. The Labute approximate surface area is 141 Å². The highest BCUT2D eigenvalue weighted by atomic mass is 16.5.